The van der Waals surface area contributed by atoms with E-state index in [0.29, 0.717) is 0 Å². The maximum absolute atomic E-state index is 2.33. The fourth-order valence-corrected chi connectivity index (χ4v) is 6.29. The maximum atomic E-state index is 2.33. The molecule has 0 N–H and O–H groups in total. The summed E-state index contributed by atoms with van der Waals surface area (Å²) in [6.45, 7) is 2.26. The Bertz CT molecular complexity index is 861. The Balaban J connectivity index is 2.06. The zero-order chi connectivity index (χ0) is 15.6. The van der Waals surface area contributed by atoms with Gasteiger partial charge in [-0.15, -0.1) is 0 Å². The third-order valence-corrected chi connectivity index (χ3v) is 7.36. The second-order valence-corrected chi connectivity index (χ2v) is 8.30. The molecule has 1 aliphatic carbocycles. The average molecular weight is 310 g/mol. The summed E-state index contributed by atoms with van der Waals surface area (Å²) in [7, 11) is -0.989. The summed E-state index contributed by atoms with van der Waals surface area (Å²) in [6, 6.07) is 30.7. The number of benzene rings is 3. The molecule has 0 atom stereocenters. The number of fused-ring (bicyclic) bond motifs is 1. The van der Waals surface area contributed by atoms with Crippen LogP contribution in [0.5, 0.6) is 0 Å². The number of hydrogen-bond donors (Lipinski definition) is 0. The Hall–Kier alpha value is -2.51. The third kappa shape index (κ3) is 2.53. The van der Waals surface area contributed by atoms with E-state index in [1.165, 1.54) is 32.2 Å². The Morgan fingerprint density at radius 1 is 0.609 bits per heavy atom. The van der Waals surface area contributed by atoms with Gasteiger partial charge in [0.05, 0.1) is 8.41 Å². The van der Waals surface area contributed by atoms with Crippen molar-refractivity contribution < 1.29 is 0 Å². The SMILES string of the molecule is CC1=Cc2ccccc2C1=[Si](c1ccccc1)c1ccccc1. The first-order chi connectivity index (χ1) is 11.3. The van der Waals surface area contributed by atoms with Crippen LogP contribution in [-0.2, 0) is 0 Å². The lowest BCUT2D eigenvalue weighted by molar-refractivity contribution is 1.64. The van der Waals surface area contributed by atoms with Crippen molar-refractivity contribution >= 4 is 30.0 Å². The molecule has 0 saturated carbocycles. The molecule has 0 heterocycles. The molecule has 110 valence electrons. The quantitative estimate of drug-likeness (QED) is 0.635. The van der Waals surface area contributed by atoms with Gasteiger partial charge in [-0.3, -0.25) is 0 Å². The minimum Gasteiger partial charge on any atom is -0.0623 e. The number of rotatable bonds is 2. The van der Waals surface area contributed by atoms with Gasteiger partial charge >= 0.3 is 0 Å². The molecule has 3 aromatic rings. The summed E-state index contributed by atoms with van der Waals surface area (Å²) in [5, 5.41) is 4.43. The summed E-state index contributed by atoms with van der Waals surface area (Å²) >= 11 is 0. The maximum Gasteiger partial charge on any atom is 0.0888 e. The molecule has 4 rings (SSSR count). The van der Waals surface area contributed by atoms with Gasteiger partial charge < -0.3 is 0 Å². The van der Waals surface area contributed by atoms with Crippen LogP contribution >= 0.6 is 0 Å². The Labute approximate surface area is 139 Å². The highest BCUT2D eigenvalue weighted by Gasteiger charge is 2.21. The molecule has 0 amide bonds. The van der Waals surface area contributed by atoms with Crippen LogP contribution in [0.2, 0.25) is 0 Å². The summed E-state index contributed by atoms with van der Waals surface area (Å²) in [4.78, 5) is 0. The van der Waals surface area contributed by atoms with Gasteiger partial charge in [0.1, 0.15) is 0 Å². The van der Waals surface area contributed by atoms with E-state index in [0.717, 1.165) is 0 Å². The predicted molar refractivity (Wildman–Crippen MR) is 102 cm³/mol. The largest absolute Gasteiger partial charge is 0.0888 e. The predicted octanol–water partition coefficient (Wildman–Crippen LogP) is 3.51. The summed E-state index contributed by atoms with van der Waals surface area (Å²) in [5.74, 6) is 0. The molecule has 0 aliphatic heterocycles. The first-order valence-electron chi connectivity index (χ1n) is 7.98. The van der Waals surface area contributed by atoms with Gasteiger partial charge in [-0.05, 0) is 39.2 Å². The van der Waals surface area contributed by atoms with E-state index in [1.807, 2.05) is 0 Å². The lowest BCUT2D eigenvalue weighted by Gasteiger charge is -2.14. The van der Waals surface area contributed by atoms with Gasteiger partial charge in [0.2, 0.25) is 0 Å². The molecule has 0 radical (unpaired) electrons. The average Bonchev–Trinajstić information content (AvgIpc) is 2.94. The minimum atomic E-state index is -0.989. The van der Waals surface area contributed by atoms with Crippen molar-refractivity contribution in [2.45, 2.75) is 6.92 Å². The van der Waals surface area contributed by atoms with Crippen molar-refractivity contribution in [1.82, 2.24) is 0 Å². The Kier molecular flexibility index (Phi) is 3.64. The van der Waals surface area contributed by atoms with Gasteiger partial charge in [0.25, 0.3) is 0 Å². The van der Waals surface area contributed by atoms with E-state index >= 15 is 0 Å². The molecule has 3 aromatic carbocycles. The Morgan fingerprint density at radius 2 is 1.13 bits per heavy atom. The topological polar surface area (TPSA) is 0 Å². The Morgan fingerprint density at radius 3 is 1.74 bits per heavy atom. The first kappa shape index (κ1) is 14.1. The fourth-order valence-electron chi connectivity index (χ4n) is 3.37. The van der Waals surface area contributed by atoms with Crippen LogP contribution in [0.15, 0.2) is 90.5 Å². The molecule has 0 bridgehead atoms. The molecule has 23 heavy (non-hydrogen) atoms. The fraction of sp³-hybridized carbons (Fsp3) is 0.0455. The molecule has 0 unspecified atom stereocenters. The second kappa shape index (κ2) is 5.94. The lowest BCUT2D eigenvalue weighted by Crippen LogP contribution is -2.40. The lowest BCUT2D eigenvalue weighted by atomic mass is 10.1. The van der Waals surface area contributed by atoms with Crippen LogP contribution in [0.4, 0.5) is 0 Å². The molecule has 0 aromatic heterocycles. The van der Waals surface area contributed by atoms with Crippen molar-refractivity contribution in [3.63, 3.8) is 0 Å². The van der Waals surface area contributed by atoms with Crippen LogP contribution in [0, 0.1) is 0 Å². The van der Waals surface area contributed by atoms with Crippen LogP contribution in [0.25, 0.3) is 6.08 Å². The van der Waals surface area contributed by atoms with Crippen molar-refractivity contribution in [3.8, 4) is 0 Å². The second-order valence-electron chi connectivity index (χ2n) is 5.90. The minimum absolute atomic E-state index is 0.989. The van der Waals surface area contributed by atoms with Crippen LogP contribution < -0.4 is 10.4 Å². The molecule has 0 nitrogen and oxygen atoms in total. The van der Waals surface area contributed by atoms with E-state index in [9.17, 15) is 0 Å². The highest BCUT2D eigenvalue weighted by atomic mass is 28.2. The normalized spacial score (nSPS) is 12.7. The van der Waals surface area contributed by atoms with E-state index < -0.39 is 8.41 Å². The number of allylic oxidation sites excluding steroid dienone is 1. The van der Waals surface area contributed by atoms with Gasteiger partial charge in [-0.25, -0.2) is 0 Å². The standard InChI is InChI=1S/C22H18Si/c1-17-16-18-10-8-9-15-21(18)22(17)23(19-11-4-2-5-12-19)20-13-6-3-7-14-20/h2-16H,1H3. The van der Waals surface area contributed by atoms with Crippen molar-refractivity contribution in [1.29, 1.82) is 0 Å². The van der Waals surface area contributed by atoms with E-state index in [4.69, 9.17) is 0 Å². The van der Waals surface area contributed by atoms with Gasteiger partial charge in [-0.2, -0.15) is 0 Å². The van der Waals surface area contributed by atoms with Crippen LogP contribution in [-0.4, -0.2) is 13.6 Å². The molecule has 0 saturated heterocycles. The molecular formula is C22H18Si. The summed E-state index contributed by atoms with van der Waals surface area (Å²) in [6.07, 6.45) is 2.33. The third-order valence-electron chi connectivity index (χ3n) is 4.37. The molecule has 0 fully saturated rings. The zero-order valence-electron chi connectivity index (χ0n) is 13.2. The number of hydrogen-bond acceptors (Lipinski definition) is 0. The van der Waals surface area contributed by atoms with E-state index in [2.05, 4.69) is 97.9 Å². The van der Waals surface area contributed by atoms with Crippen molar-refractivity contribution in [2.24, 2.45) is 0 Å². The summed E-state index contributed by atoms with van der Waals surface area (Å²) in [5.41, 5.74) is 4.17. The molecule has 0 spiro atoms. The van der Waals surface area contributed by atoms with Crippen LogP contribution in [0.1, 0.15) is 18.1 Å². The molecular weight excluding hydrogens is 292 g/mol. The van der Waals surface area contributed by atoms with E-state index in [1.54, 1.807) is 0 Å². The van der Waals surface area contributed by atoms with Gasteiger partial charge in [0.15, 0.2) is 0 Å². The first-order valence-corrected chi connectivity index (χ1v) is 9.48. The van der Waals surface area contributed by atoms with Crippen molar-refractivity contribution in [2.75, 3.05) is 0 Å². The smallest absolute Gasteiger partial charge is 0.0623 e. The highest BCUT2D eigenvalue weighted by Crippen LogP contribution is 2.24. The zero-order valence-corrected chi connectivity index (χ0v) is 14.2. The van der Waals surface area contributed by atoms with E-state index in [-0.39, 0.29) is 0 Å². The van der Waals surface area contributed by atoms with Crippen molar-refractivity contribution in [3.05, 3.63) is 102 Å². The molecule has 1 aliphatic rings. The van der Waals surface area contributed by atoms with Crippen LogP contribution in [0.3, 0.4) is 0 Å². The monoisotopic (exact) mass is 310 g/mol. The highest BCUT2D eigenvalue weighted by molar-refractivity contribution is 6.95. The molecule has 1 heteroatoms. The van der Waals surface area contributed by atoms with Gasteiger partial charge in [0, 0.05) is 0 Å². The van der Waals surface area contributed by atoms with Gasteiger partial charge in [-0.1, -0.05) is 91.0 Å². The summed E-state index contributed by atoms with van der Waals surface area (Å²) < 4.78 is 0.